The molecule has 2 aromatic rings. The molecule has 4 nitrogen and oxygen atoms in total. The van der Waals surface area contributed by atoms with E-state index in [9.17, 15) is 4.79 Å². The molecule has 98 valence electrons. The number of aromatic nitrogens is 2. The standard InChI is InChI=1S/C14H14ClN3O/c1-9(2)10-5-3-4-6-12(10)18-14-11(7-19)13(15)16-8-17-14/h3-9H,1-2H3,(H,16,17,18). The Bertz CT molecular complexity index is 599. The fraction of sp³-hybridized carbons (Fsp3) is 0.214. The van der Waals surface area contributed by atoms with Gasteiger partial charge < -0.3 is 5.32 Å². The number of nitrogens with one attached hydrogen (secondary N) is 1. The largest absolute Gasteiger partial charge is 0.339 e. The zero-order valence-corrected chi connectivity index (χ0v) is 11.5. The quantitative estimate of drug-likeness (QED) is 0.681. The fourth-order valence-corrected chi connectivity index (χ4v) is 2.00. The van der Waals surface area contributed by atoms with Gasteiger partial charge in [-0.25, -0.2) is 9.97 Å². The van der Waals surface area contributed by atoms with E-state index in [0.717, 1.165) is 11.3 Å². The Balaban J connectivity index is 2.42. The number of rotatable bonds is 4. The molecule has 0 bridgehead atoms. The summed E-state index contributed by atoms with van der Waals surface area (Å²) in [6, 6.07) is 7.89. The maximum atomic E-state index is 11.1. The highest BCUT2D eigenvalue weighted by molar-refractivity contribution is 6.32. The summed E-state index contributed by atoms with van der Waals surface area (Å²) in [4.78, 5) is 18.9. The number of anilines is 2. The van der Waals surface area contributed by atoms with Crippen molar-refractivity contribution in [2.75, 3.05) is 5.32 Å². The van der Waals surface area contributed by atoms with Gasteiger partial charge in [-0.1, -0.05) is 43.6 Å². The molecule has 19 heavy (non-hydrogen) atoms. The number of nitrogens with zero attached hydrogens (tertiary/aromatic N) is 2. The highest BCUT2D eigenvalue weighted by atomic mass is 35.5. The highest BCUT2D eigenvalue weighted by Gasteiger charge is 2.12. The van der Waals surface area contributed by atoms with E-state index in [2.05, 4.69) is 29.1 Å². The summed E-state index contributed by atoms with van der Waals surface area (Å²) in [5.41, 5.74) is 2.33. The van der Waals surface area contributed by atoms with E-state index in [4.69, 9.17) is 11.6 Å². The van der Waals surface area contributed by atoms with Crippen LogP contribution in [0, 0.1) is 0 Å². The molecule has 0 fully saturated rings. The minimum atomic E-state index is 0.148. The lowest BCUT2D eigenvalue weighted by atomic mass is 10.0. The van der Waals surface area contributed by atoms with Crippen molar-refractivity contribution in [1.29, 1.82) is 0 Å². The zero-order chi connectivity index (χ0) is 13.8. The summed E-state index contributed by atoms with van der Waals surface area (Å²) >= 11 is 5.88. The monoisotopic (exact) mass is 275 g/mol. The average molecular weight is 276 g/mol. The van der Waals surface area contributed by atoms with Gasteiger partial charge in [-0.3, -0.25) is 4.79 Å². The van der Waals surface area contributed by atoms with E-state index in [1.807, 2.05) is 24.3 Å². The first kappa shape index (κ1) is 13.5. The molecule has 0 unspecified atom stereocenters. The normalized spacial score (nSPS) is 10.5. The smallest absolute Gasteiger partial charge is 0.156 e. The van der Waals surface area contributed by atoms with E-state index in [0.29, 0.717) is 18.0 Å². The van der Waals surface area contributed by atoms with Crippen molar-refractivity contribution in [3.63, 3.8) is 0 Å². The van der Waals surface area contributed by atoms with Gasteiger partial charge in [0.15, 0.2) is 6.29 Å². The minimum Gasteiger partial charge on any atom is -0.339 e. The number of halogens is 1. The lowest BCUT2D eigenvalue weighted by molar-refractivity contribution is 0.112. The maximum Gasteiger partial charge on any atom is 0.156 e. The molecular formula is C14H14ClN3O. The van der Waals surface area contributed by atoms with Crippen molar-refractivity contribution < 1.29 is 4.79 Å². The van der Waals surface area contributed by atoms with Crippen molar-refractivity contribution in [3.05, 3.63) is 46.9 Å². The number of hydrogen-bond acceptors (Lipinski definition) is 4. The molecule has 1 aromatic carbocycles. The van der Waals surface area contributed by atoms with Gasteiger partial charge >= 0.3 is 0 Å². The third-order valence-electron chi connectivity index (χ3n) is 2.79. The van der Waals surface area contributed by atoms with Crippen LogP contribution in [0.5, 0.6) is 0 Å². The molecule has 0 aliphatic carbocycles. The molecule has 2 rings (SSSR count). The van der Waals surface area contributed by atoms with Crippen molar-refractivity contribution in [2.45, 2.75) is 19.8 Å². The number of carbonyl (C=O) groups is 1. The predicted molar refractivity (Wildman–Crippen MR) is 76.2 cm³/mol. The summed E-state index contributed by atoms with van der Waals surface area (Å²) in [6.07, 6.45) is 1.98. The van der Waals surface area contributed by atoms with Crippen LogP contribution in [0.3, 0.4) is 0 Å². The van der Waals surface area contributed by atoms with Gasteiger partial charge in [0.1, 0.15) is 17.3 Å². The second kappa shape index (κ2) is 5.80. The lowest BCUT2D eigenvalue weighted by Gasteiger charge is -2.14. The van der Waals surface area contributed by atoms with Crippen LogP contribution in [0.25, 0.3) is 0 Å². The Morgan fingerprint density at radius 1 is 1.26 bits per heavy atom. The van der Waals surface area contributed by atoms with Crippen LogP contribution >= 0.6 is 11.6 Å². The number of para-hydroxylation sites is 1. The van der Waals surface area contributed by atoms with E-state index >= 15 is 0 Å². The molecule has 0 atom stereocenters. The van der Waals surface area contributed by atoms with Gasteiger partial charge in [-0.15, -0.1) is 0 Å². The van der Waals surface area contributed by atoms with Gasteiger partial charge in [0.25, 0.3) is 0 Å². The predicted octanol–water partition coefficient (Wildman–Crippen LogP) is 3.81. The maximum absolute atomic E-state index is 11.1. The molecule has 0 spiro atoms. The summed E-state index contributed by atoms with van der Waals surface area (Å²) in [5.74, 6) is 0.781. The van der Waals surface area contributed by atoms with Gasteiger partial charge in [0, 0.05) is 5.69 Å². The van der Waals surface area contributed by atoms with Crippen molar-refractivity contribution in [3.8, 4) is 0 Å². The van der Waals surface area contributed by atoms with Gasteiger partial charge in [0.2, 0.25) is 0 Å². The average Bonchev–Trinajstić information content (AvgIpc) is 2.39. The molecule has 0 amide bonds. The lowest BCUT2D eigenvalue weighted by Crippen LogP contribution is -2.03. The van der Waals surface area contributed by atoms with E-state index in [-0.39, 0.29) is 10.7 Å². The molecule has 0 saturated heterocycles. The van der Waals surface area contributed by atoms with Crippen LogP contribution in [0.1, 0.15) is 35.7 Å². The Hall–Kier alpha value is -1.94. The van der Waals surface area contributed by atoms with E-state index in [1.54, 1.807) is 0 Å². The SMILES string of the molecule is CC(C)c1ccccc1Nc1ncnc(Cl)c1C=O. The third kappa shape index (κ3) is 2.90. The van der Waals surface area contributed by atoms with Crippen molar-refractivity contribution >= 4 is 29.4 Å². The first-order valence-corrected chi connectivity index (χ1v) is 6.33. The molecule has 0 saturated carbocycles. The van der Waals surface area contributed by atoms with Crippen LogP contribution in [0.15, 0.2) is 30.6 Å². The third-order valence-corrected chi connectivity index (χ3v) is 3.09. The Labute approximate surface area is 116 Å². The Kier molecular flexibility index (Phi) is 4.12. The van der Waals surface area contributed by atoms with Crippen LogP contribution < -0.4 is 5.32 Å². The molecule has 0 aliphatic heterocycles. The van der Waals surface area contributed by atoms with Gasteiger partial charge in [-0.2, -0.15) is 0 Å². The molecule has 1 N–H and O–H groups in total. The molecule has 1 aromatic heterocycles. The zero-order valence-electron chi connectivity index (χ0n) is 10.7. The second-order valence-corrected chi connectivity index (χ2v) is 4.77. The summed E-state index contributed by atoms with van der Waals surface area (Å²) in [5, 5.41) is 3.30. The minimum absolute atomic E-state index is 0.148. The van der Waals surface area contributed by atoms with E-state index < -0.39 is 0 Å². The first-order chi connectivity index (χ1) is 9.13. The first-order valence-electron chi connectivity index (χ1n) is 5.95. The number of hydrogen-bond donors (Lipinski definition) is 1. The molecular weight excluding hydrogens is 262 g/mol. The topological polar surface area (TPSA) is 54.9 Å². The fourth-order valence-electron chi connectivity index (χ4n) is 1.82. The van der Waals surface area contributed by atoms with Crippen molar-refractivity contribution in [2.24, 2.45) is 0 Å². The number of benzene rings is 1. The number of aldehydes is 1. The second-order valence-electron chi connectivity index (χ2n) is 4.41. The Morgan fingerprint density at radius 3 is 2.68 bits per heavy atom. The van der Waals surface area contributed by atoms with Gasteiger partial charge in [-0.05, 0) is 17.5 Å². The van der Waals surface area contributed by atoms with E-state index in [1.165, 1.54) is 6.33 Å². The van der Waals surface area contributed by atoms with Crippen LogP contribution in [0.4, 0.5) is 11.5 Å². The summed E-state index contributed by atoms with van der Waals surface area (Å²) in [7, 11) is 0. The summed E-state index contributed by atoms with van der Waals surface area (Å²) in [6.45, 7) is 4.21. The molecule has 0 radical (unpaired) electrons. The van der Waals surface area contributed by atoms with Crippen molar-refractivity contribution in [1.82, 2.24) is 9.97 Å². The van der Waals surface area contributed by atoms with Crippen LogP contribution in [0.2, 0.25) is 5.15 Å². The number of carbonyl (C=O) groups excluding carboxylic acids is 1. The molecule has 5 heteroatoms. The highest BCUT2D eigenvalue weighted by Crippen LogP contribution is 2.28. The van der Waals surface area contributed by atoms with Crippen LogP contribution in [-0.2, 0) is 0 Å². The molecule has 1 heterocycles. The summed E-state index contributed by atoms with van der Waals surface area (Å²) < 4.78 is 0. The van der Waals surface area contributed by atoms with Gasteiger partial charge in [0.05, 0.1) is 5.56 Å². The molecule has 0 aliphatic rings. The van der Waals surface area contributed by atoms with Crippen LogP contribution in [-0.4, -0.2) is 16.3 Å². The Morgan fingerprint density at radius 2 is 2.00 bits per heavy atom.